The normalized spacial score (nSPS) is 13.3. The molecule has 3 amide bonds. The van der Waals surface area contributed by atoms with Crippen LogP contribution in [0.2, 0.25) is 0 Å². The maximum absolute atomic E-state index is 13.8. The van der Waals surface area contributed by atoms with Gasteiger partial charge in [-0.3, -0.25) is 9.78 Å². The van der Waals surface area contributed by atoms with Crippen molar-refractivity contribution in [2.75, 3.05) is 10.6 Å². The molecule has 2 N–H and O–H groups in total. The van der Waals surface area contributed by atoms with Crippen molar-refractivity contribution in [3.63, 3.8) is 0 Å². The van der Waals surface area contributed by atoms with E-state index in [2.05, 4.69) is 15.6 Å². The first kappa shape index (κ1) is 22.3. The molecular formula is C24H21F3N4O2. The molecule has 1 aliphatic carbocycles. The monoisotopic (exact) mass is 454 g/mol. The standard InChI is InChI=1S/C24H21F3N4O2/c25-24(26,27)20-14-18(29-22(32)17-4-2-1-3-5-17)6-9-21(20)30-23(33)31(19-7-8-19)15-16-10-12-28-13-11-16/h1-6,9-14,19H,7-8,15H2,(H,29,32)(H,30,33). The first-order valence-corrected chi connectivity index (χ1v) is 10.4. The van der Waals surface area contributed by atoms with Gasteiger partial charge in [-0.1, -0.05) is 18.2 Å². The summed E-state index contributed by atoms with van der Waals surface area (Å²) in [5.74, 6) is -0.530. The number of benzene rings is 2. The van der Waals surface area contributed by atoms with Crippen LogP contribution in [0.4, 0.5) is 29.3 Å². The number of pyridine rings is 1. The van der Waals surface area contributed by atoms with Gasteiger partial charge in [0.1, 0.15) is 0 Å². The Balaban J connectivity index is 1.54. The van der Waals surface area contributed by atoms with Crippen molar-refractivity contribution in [2.24, 2.45) is 0 Å². The third-order valence-corrected chi connectivity index (χ3v) is 5.21. The molecule has 0 radical (unpaired) electrons. The number of nitrogens with zero attached hydrogens (tertiary/aromatic N) is 2. The third kappa shape index (κ3) is 5.68. The van der Waals surface area contributed by atoms with E-state index in [1.165, 1.54) is 11.0 Å². The van der Waals surface area contributed by atoms with E-state index >= 15 is 0 Å². The molecule has 3 aromatic rings. The molecule has 1 aliphatic rings. The lowest BCUT2D eigenvalue weighted by Crippen LogP contribution is -2.36. The quantitative estimate of drug-likeness (QED) is 0.513. The number of urea groups is 1. The van der Waals surface area contributed by atoms with Crippen LogP contribution in [0.3, 0.4) is 0 Å². The van der Waals surface area contributed by atoms with Crippen LogP contribution in [-0.4, -0.2) is 27.9 Å². The molecule has 0 atom stereocenters. The summed E-state index contributed by atoms with van der Waals surface area (Å²) in [6.07, 6.45) is 0.0703. The fourth-order valence-corrected chi connectivity index (χ4v) is 3.38. The Morgan fingerprint density at radius 2 is 1.67 bits per heavy atom. The smallest absolute Gasteiger partial charge is 0.322 e. The van der Waals surface area contributed by atoms with Crippen molar-refractivity contribution in [1.82, 2.24) is 9.88 Å². The fraction of sp³-hybridized carbons (Fsp3) is 0.208. The zero-order chi connectivity index (χ0) is 23.4. The number of anilines is 2. The maximum atomic E-state index is 13.8. The molecule has 4 rings (SSSR count). The Hall–Kier alpha value is -3.88. The van der Waals surface area contributed by atoms with Crippen LogP contribution in [0.25, 0.3) is 0 Å². The maximum Gasteiger partial charge on any atom is 0.418 e. The minimum absolute atomic E-state index is 0.0167. The predicted molar refractivity (Wildman–Crippen MR) is 118 cm³/mol. The van der Waals surface area contributed by atoms with E-state index in [0.717, 1.165) is 30.5 Å². The van der Waals surface area contributed by atoms with Gasteiger partial charge in [-0.2, -0.15) is 13.2 Å². The van der Waals surface area contributed by atoms with Crippen molar-refractivity contribution in [3.8, 4) is 0 Å². The summed E-state index contributed by atoms with van der Waals surface area (Å²) in [7, 11) is 0. The van der Waals surface area contributed by atoms with Gasteiger partial charge in [-0.25, -0.2) is 4.79 Å². The average molecular weight is 454 g/mol. The lowest BCUT2D eigenvalue weighted by molar-refractivity contribution is -0.136. The second-order valence-corrected chi connectivity index (χ2v) is 7.72. The molecule has 33 heavy (non-hydrogen) atoms. The highest BCUT2D eigenvalue weighted by atomic mass is 19.4. The summed E-state index contributed by atoms with van der Waals surface area (Å²) >= 11 is 0. The van der Waals surface area contributed by atoms with Crippen molar-refractivity contribution < 1.29 is 22.8 Å². The van der Waals surface area contributed by atoms with Crippen LogP contribution in [0, 0.1) is 0 Å². The summed E-state index contributed by atoms with van der Waals surface area (Å²) in [5.41, 5.74) is -0.279. The van der Waals surface area contributed by atoms with Gasteiger partial charge < -0.3 is 15.5 Å². The van der Waals surface area contributed by atoms with Gasteiger partial charge in [0.05, 0.1) is 11.3 Å². The molecule has 0 bridgehead atoms. The van der Waals surface area contributed by atoms with Crippen LogP contribution in [0.5, 0.6) is 0 Å². The molecule has 1 fully saturated rings. The minimum Gasteiger partial charge on any atom is -0.322 e. The first-order valence-electron chi connectivity index (χ1n) is 10.4. The molecular weight excluding hydrogens is 433 g/mol. The summed E-state index contributed by atoms with van der Waals surface area (Å²) in [6, 6.07) is 14.4. The predicted octanol–water partition coefficient (Wildman–Crippen LogP) is 5.55. The zero-order valence-corrected chi connectivity index (χ0v) is 17.5. The van der Waals surface area contributed by atoms with Gasteiger partial charge in [-0.05, 0) is 60.9 Å². The van der Waals surface area contributed by atoms with Crippen molar-refractivity contribution in [1.29, 1.82) is 0 Å². The van der Waals surface area contributed by atoms with E-state index < -0.39 is 23.7 Å². The number of amides is 3. The van der Waals surface area contributed by atoms with E-state index in [0.29, 0.717) is 5.56 Å². The number of carbonyl (C=O) groups excluding carboxylic acids is 2. The van der Waals surface area contributed by atoms with Gasteiger partial charge in [0.25, 0.3) is 5.91 Å². The Morgan fingerprint density at radius 1 is 0.970 bits per heavy atom. The lowest BCUT2D eigenvalue weighted by Gasteiger charge is -2.24. The van der Waals surface area contributed by atoms with Gasteiger partial charge in [0, 0.05) is 36.2 Å². The minimum atomic E-state index is -4.73. The summed E-state index contributed by atoms with van der Waals surface area (Å²) in [6.45, 7) is 0.269. The molecule has 9 heteroatoms. The van der Waals surface area contributed by atoms with Gasteiger partial charge in [0.2, 0.25) is 0 Å². The number of aromatic nitrogens is 1. The highest BCUT2D eigenvalue weighted by Crippen LogP contribution is 2.37. The van der Waals surface area contributed by atoms with E-state index in [-0.39, 0.29) is 24.0 Å². The second kappa shape index (κ2) is 9.32. The van der Waals surface area contributed by atoms with Crippen molar-refractivity contribution >= 4 is 23.3 Å². The molecule has 6 nitrogen and oxygen atoms in total. The van der Waals surface area contributed by atoms with Crippen LogP contribution < -0.4 is 10.6 Å². The topological polar surface area (TPSA) is 74.3 Å². The number of carbonyl (C=O) groups is 2. The van der Waals surface area contributed by atoms with Crippen molar-refractivity contribution in [3.05, 3.63) is 89.7 Å². The van der Waals surface area contributed by atoms with E-state index in [9.17, 15) is 22.8 Å². The molecule has 2 aromatic carbocycles. The molecule has 0 aliphatic heterocycles. The average Bonchev–Trinajstić information content (AvgIpc) is 3.64. The number of rotatable bonds is 6. The Labute approximate surface area is 188 Å². The highest BCUT2D eigenvalue weighted by Gasteiger charge is 2.37. The number of hydrogen-bond acceptors (Lipinski definition) is 3. The molecule has 1 saturated carbocycles. The van der Waals surface area contributed by atoms with Gasteiger partial charge >= 0.3 is 12.2 Å². The zero-order valence-electron chi connectivity index (χ0n) is 17.5. The van der Waals surface area contributed by atoms with E-state index in [1.807, 2.05) is 0 Å². The second-order valence-electron chi connectivity index (χ2n) is 7.72. The summed E-state index contributed by atoms with van der Waals surface area (Å²) in [5, 5.41) is 4.88. The van der Waals surface area contributed by atoms with Crippen LogP contribution >= 0.6 is 0 Å². The Morgan fingerprint density at radius 3 is 2.30 bits per heavy atom. The van der Waals surface area contributed by atoms with Crippen LogP contribution in [0.1, 0.15) is 34.3 Å². The molecule has 1 heterocycles. The summed E-state index contributed by atoms with van der Waals surface area (Å²) < 4.78 is 41.3. The van der Waals surface area contributed by atoms with Gasteiger partial charge in [0.15, 0.2) is 0 Å². The summed E-state index contributed by atoms with van der Waals surface area (Å²) in [4.78, 5) is 30.7. The van der Waals surface area contributed by atoms with Crippen molar-refractivity contribution in [2.45, 2.75) is 31.6 Å². The van der Waals surface area contributed by atoms with Crippen LogP contribution in [0.15, 0.2) is 73.1 Å². The molecule has 0 saturated heterocycles. The number of alkyl halides is 3. The SMILES string of the molecule is O=C(Nc1ccc(NC(=O)N(Cc2ccncc2)C2CC2)c(C(F)(F)F)c1)c1ccccc1. The largest absolute Gasteiger partial charge is 0.418 e. The number of halogens is 3. The Bertz CT molecular complexity index is 1130. The molecule has 170 valence electrons. The van der Waals surface area contributed by atoms with E-state index in [1.54, 1.807) is 54.9 Å². The number of nitrogens with one attached hydrogen (secondary N) is 2. The van der Waals surface area contributed by atoms with Gasteiger partial charge in [-0.15, -0.1) is 0 Å². The molecule has 0 unspecified atom stereocenters. The lowest BCUT2D eigenvalue weighted by atomic mass is 10.1. The van der Waals surface area contributed by atoms with E-state index in [4.69, 9.17) is 0 Å². The fourth-order valence-electron chi connectivity index (χ4n) is 3.38. The third-order valence-electron chi connectivity index (χ3n) is 5.21. The number of hydrogen-bond donors (Lipinski definition) is 2. The van der Waals surface area contributed by atoms with Crippen LogP contribution in [-0.2, 0) is 12.7 Å². The molecule has 1 aromatic heterocycles. The molecule has 0 spiro atoms. The first-order chi connectivity index (χ1) is 15.8. The highest BCUT2D eigenvalue weighted by molar-refractivity contribution is 6.04. The Kier molecular flexibility index (Phi) is 6.30.